The highest BCUT2D eigenvalue weighted by molar-refractivity contribution is 14.1. The van der Waals surface area contributed by atoms with Crippen LogP contribution in [0.1, 0.15) is 5.56 Å². The summed E-state index contributed by atoms with van der Waals surface area (Å²) in [6.45, 7) is 0. The molecular formula is C7HBrF3IN2O. The van der Waals surface area contributed by atoms with Crippen molar-refractivity contribution in [2.45, 2.75) is 6.36 Å². The molecule has 15 heavy (non-hydrogen) atoms. The summed E-state index contributed by atoms with van der Waals surface area (Å²) in [6.07, 6.45) is -3.65. The van der Waals surface area contributed by atoms with Crippen LogP contribution < -0.4 is 4.74 Å². The zero-order valence-corrected chi connectivity index (χ0v) is 10.5. The van der Waals surface area contributed by atoms with Crippen molar-refractivity contribution in [2.24, 2.45) is 0 Å². The van der Waals surface area contributed by atoms with E-state index in [1.807, 2.05) is 0 Å². The Bertz CT molecular complexity index is 429. The maximum atomic E-state index is 12.0. The Kier molecular flexibility index (Phi) is 3.77. The van der Waals surface area contributed by atoms with Gasteiger partial charge in [-0.25, -0.2) is 4.98 Å². The summed E-state index contributed by atoms with van der Waals surface area (Å²) in [7, 11) is 0. The van der Waals surface area contributed by atoms with Gasteiger partial charge in [-0.05, 0) is 38.5 Å². The van der Waals surface area contributed by atoms with Crippen molar-refractivity contribution >= 4 is 38.5 Å². The van der Waals surface area contributed by atoms with E-state index in [1.165, 1.54) is 0 Å². The van der Waals surface area contributed by atoms with Crippen LogP contribution in [0, 0.1) is 14.9 Å². The predicted octanol–water partition coefficient (Wildman–Crippen LogP) is 3.22. The van der Waals surface area contributed by atoms with E-state index >= 15 is 0 Å². The van der Waals surface area contributed by atoms with Crippen LogP contribution in [0.3, 0.4) is 0 Å². The molecule has 0 saturated carbocycles. The largest absolute Gasteiger partial charge is 0.573 e. The lowest BCUT2D eigenvalue weighted by Crippen LogP contribution is -2.18. The Balaban J connectivity index is 3.23. The van der Waals surface area contributed by atoms with Crippen molar-refractivity contribution in [3.05, 3.63) is 19.9 Å². The van der Waals surface area contributed by atoms with Crippen LogP contribution in [0.2, 0.25) is 0 Å². The molecule has 0 aliphatic carbocycles. The molecule has 0 saturated heterocycles. The highest BCUT2D eigenvalue weighted by Crippen LogP contribution is 2.34. The molecule has 0 unspecified atom stereocenters. The fraction of sp³-hybridized carbons (Fsp3) is 0.143. The highest BCUT2D eigenvalue weighted by Gasteiger charge is 2.33. The fourth-order valence-corrected chi connectivity index (χ4v) is 2.11. The highest BCUT2D eigenvalue weighted by atomic mass is 127. The lowest BCUT2D eigenvalue weighted by molar-refractivity contribution is -0.275. The second kappa shape index (κ2) is 4.52. The van der Waals surface area contributed by atoms with Gasteiger partial charge < -0.3 is 4.74 Å². The van der Waals surface area contributed by atoms with Gasteiger partial charge in [-0.3, -0.25) is 0 Å². The number of nitriles is 1. The lowest BCUT2D eigenvalue weighted by Gasteiger charge is -2.11. The Morgan fingerprint density at radius 3 is 2.60 bits per heavy atom. The van der Waals surface area contributed by atoms with Crippen molar-refractivity contribution in [1.29, 1.82) is 5.26 Å². The number of hydrogen-bond donors (Lipinski definition) is 0. The van der Waals surface area contributed by atoms with Crippen molar-refractivity contribution in [1.82, 2.24) is 4.98 Å². The predicted molar refractivity (Wildman–Crippen MR) is 56.1 cm³/mol. The maximum Gasteiger partial charge on any atom is 0.573 e. The average Bonchev–Trinajstić information content (AvgIpc) is 2.11. The van der Waals surface area contributed by atoms with E-state index in [1.54, 1.807) is 28.7 Å². The number of nitrogens with zero attached hydrogens (tertiary/aromatic N) is 2. The zero-order valence-electron chi connectivity index (χ0n) is 6.77. The molecule has 0 bridgehead atoms. The Hall–Kier alpha value is -0.560. The molecule has 0 N–H and O–H groups in total. The van der Waals surface area contributed by atoms with Crippen LogP contribution in [0.5, 0.6) is 5.75 Å². The van der Waals surface area contributed by atoms with Crippen molar-refractivity contribution < 1.29 is 17.9 Å². The smallest absolute Gasteiger partial charge is 0.402 e. The second-order valence-electron chi connectivity index (χ2n) is 2.27. The van der Waals surface area contributed by atoms with Gasteiger partial charge in [-0.1, -0.05) is 0 Å². The number of halogens is 5. The number of hydrogen-bond acceptors (Lipinski definition) is 3. The van der Waals surface area contributed by atoms with Crippen LogP contribution in [-0.2, 0) is 0 Å². The fourth-order valence-electron chi connectivity index (χ4n) is 0.730. The number of rotatable bonds is 1. The first kappa shape index (κ1) is 12.5. The third kappa shape index (κ3) is 3.20. The first-order chi connectivity index (χ1) is 6.85. The Labute approximate surface area is 105 Å². The van der Waals surface area contributed by atoms with Crippen molar-refractivity contribution in [2.75, 3.05) is 0 Å². The monoisotopic (exact) mass is 392 g/mol. The molecule has 0 aliphatic rings. The Morgan fingerprint density at radius 1 is 1.53 bits per heavy atom. The SMILES string of the molecule is N#Cc1cnc(Br)c(OC(F)(F)F)c1I. The van der Waals surface area contributed by atoms with E-state index in [2.05, 4.69) is 25.7 Å². The third-order valence-corrected chi connectivity index (χ3v) is 2.90. The van der Waals surface area contributed by atoms with Gasteiger partial charge in [-0.2, -0.15) is 5.26 Å². The van der Waals surface area contributed by atoms with Gasteiger partial charge in [0.1, 0.15) is 10.7 Å². The van der Waals surface area contributed by atoms with E-state index in [4.69, 9.17) is 5.26 Å². The Morgan fingerprint density at radius 2 is 2.13 bits per heavy atom. The summed E-state index contributed by atoms with van der Waals surface area (Å²) in [5, 5.41) is 8.59. The summed E-state index contributed by atoms with van der Waals surface area (Å²) in [5.74, 6) is -0.498. The molecular weight excluding hydrogens is 392 g/mol. The topological polar surface area (TPSA) is 45.9 Å². The minimum Gasteiger partial charge on any atom is -0.402 e. The second-order valence-corrected chi connectivity index (χ2v) is 4.10. The quantitative estimate of drug-likeness (QED) is 0.544. The van der Waals surface area contributed by atoms with Crippen molar-refractivity contribution in [3.8, 4) is 11.8 Å². The summed E-state index contributed by atoms with van der Waals surface area (Å²) in [6, 6.07) is 1.71. The molecule has 0 fully saturated rings. The van der Waals surface area contributed by atoms with E-state index in [0.717, 1.165) is 6.20 Å². The molecule has 0 aromatic carbocycles. The molecule has 80 valence electrons. The number of alkyl halides is 3. The first-order valence-electron chi connectivity index (χ1n) is 3.35. The van der Waals surface area contributed by atoms with E-state index in [9.17, 15) is 13.2 Å². The van der Waals surface area contributed by atoms with E-state index < -0.39 is 12.1 Å². The van der Waals surface area contributed by atoms with Crippen molar-refractivity contribution in [3.63, 3.8) is 0 Å². The molecule has 0 amide bonds. The molecule has 1 aromatic rings. The van der Waals surface area contributed by atoms with Crippen LogP contribution in [0.15, 0.2) is 10.8 Å². The molecule has 3 nitrogen and oxygen atoms in total. The summed E-state index contributed by atoms with van der Waals surface area (Å²) < 4.78 is 39.6. The van der Waals surface area contributed by atoms with Crippen LogP contribution >= 0.6 is 38.5 Å². The zero-order chi connectivity index (χ0) is 11.6. The van der Waals surface area contributed by atoms with E-state index in [0.29, 0.717) is 0 Å². The molecule has 0 spiro atoms. The molecule has 8 heteroatoms. The van der Waals surface area contributed by atoms with Gasteiger partial charge in [0.25, 0.3) is 0 Å². The first-order valence-corrected chi connectivity index (χ1v) is 5.22. The average molecular weight is 393 g/mol. The number of aromatic nitrogens is 1. The van der Waals surface area contributed by atoms with Gasteiger partial charge in [0.15, 0.2) is 5.75 Å². The minimum absolute atomic E-state index is 0.0260. The standard InChI is InChI=1S/C7HBrF3IN2O/c8-6-5(15-7(9,10)11)4(12)3(1-13)2-14-6/h2H. The lowest BCUT2D eigenvalue weighted by atomic mass is 10.3. The van der Waals surface area contributed by atoms with Crippen LogP contribution in [-0.4, -0.2) is 11.3 Å². The maximum absolute atomic E-state index is 12.0. The molecule has 1 rings (SSSR count). The summed E-state index contributed by atoms with van der Waals surface area (Å²) in [4.78, 5) is 3.56. The number of pyridine rings is 1. The molecule has 1 heterocycles. The third-order valence-electron chi connectivity index (χ3n) is 1.27. The van der Waals surface area contributed by atoms with Gasteiger partial charge in [0, 0.05) is 6.20 Å². The number of ether oxygens (including phenoxy) is 1. The summed E-state index contributed by atoms with van der Waals surface area (Å²) >= 11 is 4.40. The minimum atomic E-state index is -4.81. The van der Waals surface area contributed by atoms with E-state index in [-0.39, 0.29) is 13.7 Å². The molecule has 0 radical (unpaired) electrons. The van der Waals surface area contributed by atoms with Crippen LogP contribution in [0.25, 0.3) is 0 Å². The molecule has 0 atom stereocenters. The molecule has 1 aromatic heterocycles. The summed E-state index contributed by atoms with van der Waals surface area (Å²) in [5.41, 5.74) is 0.0260. The molecule has 0 aliphatic heterocycles. The normalized spacial score (nSPS) is 10.9. The van der Waals surface area contributed by atoms with Gasteiger partial charge in [0.05, 0.1) is 9.13 Å². The van der Waals surface area contributed by atoms with Gasteiger partial charge in [-0.15, -0.1) is 13.2 Å². The van der Waals surface area contributed by atoms with Gasteiger partial charge in [0.2, 0.25) is 0 Å². The van der Waals surface area contributed by atoms with Crippen LogP contribution in [0.4, 0.5) is 13.2 Å². The van der Waals surface area contributed by atoms with Gasteiger partial charge >= 0.3 is 6.36 Å².